The number of thioether (sulfide) groups is 1. The van der Waals surface area contributed by atoms with Crippen molar-refractivity contribution in [3.8, 4) is 11.6 Å². The van der Waals surface area contributed by atoms with Crippen LogP contribution < -0.4 is 5.32 Å². The molecule has 2 atom stereocenters. The number of hydrogen-bond donors (Lipinski definition) is 1. The summed E-state index contributed by atoms with van der Waals surface area (Å²) in [5.41, 5.74) is 0. The van der Waals surface area contributed by atoms with Gasteiger partial charge in [-0.1, -0.05) is 31.5 Å². The van der Waals surface area contributed by atoms with Crippen molar-refractivity contribution in [3.63, 3.8) is 0 Å². The molecule has 0 spiro atoms. The Kier molecular flexibility index (Phi) is 5.83. The molecule has 3 rings (SSSR count). The minimum atomic E-state index is 0.0709. The minimum absolute atomic E-state index is 0.0709. The van der Waals surface area contributed by atoms with Crippen molar-refractivity contribution in [2.24, 2.45) is 5.92 Å². The van der Waals surface area contributed by atoms with E-state index in [9.17, 15) is 4.79 Å². The van der Waals surface area contributed by atoms with Gasteiger partial charge in [-0.05, 0) is 44.7 Å². The highest BCUT2D eigenvalue weighted by atomic mass is 32.2. The molecule has 0 bridgehead atoms. The van der Waals surface area contributed by atoms with Crippen LogP contribution in [0.5, 0.6) is 0 Å². The van der Waals surface area contributed by atoms with Gasteiger partial charge in [0.05, 0.1) is 12.0 Å². The van der Waals surface area contributed by atoms with Crippen molar-refractivity contribution in [1.29, 1.82) is 0 Å². The summed E-state index contributed by atoms with van der Waals surface area (Å²) < 4.78 is 7.46. The Bertz CT molecular complexity index is 696. The molecule has 1 saturated carbocycles. The molecule has 6 nitrogen and oxygen atoms in total. The molecule has 0 unspecified atom stereocenters. The van der Waals surface area contributed by atoms with Crippen LogP contribution in [0.4, 0.5) is 0 Å². The molecule has 1 aliphatic rings. The maximum absolute atomic E-state index is 12.3. The zero-order valence-electron chi connectivity index (χ0n) is 15.1. The average molecular weight is 362 g/mol. The highest BCUT2D eigenvalue weighted by Crippen LogP contribution is 2.28. The Morgan fingerprint density at radius 3 is 2.88 bits per heavy atom. The summed E-state index contributed by atoms with van der Waals surface area (Å²) in [4.78, 5) is 12.3. The highest BCUT2D eigenvalue weighted by Gasteiger charge is 2.24. The summed E-state index contributed by atoms with van der Waals surface area (Å²) in [5, 5.41) is 12.4. The predicted octanol–water partition coefficient (Wildman–Crippen LogP) is 3.91. The van der Waals surface area contributed by atoms with Crippen molar-refractivity contribution >= 4 is 17.7 Å². The zero-order chi connectivity index (χ0) is 17.8. The molecule has 0 aliphatic heterocycles. The topological polar surface area (TPSA) is 73.0 Å². The molecule has 0 radical (unpaired) electrons. The molecule has 1 amide bonds. The van der Waals surface area contributed by atoms with E-state index < -0.39 is 0 Å². The van der Waals surface area contributed by atoms with Gasteiger partial charge in [0.25, 0.3) is 0 Å². The van der Waals surface area contributed by atoms with Crippen molar-refractivity contribution in [3.05, 3.63) is 18.4 Å². The third-order valence-electron chi connectivity index (χ3n) is 4.71. The predicted molar refractivity (Wildman–Crippen MR) is 98.4 cm³/mol. The first-order valence-electron chi connectivity index (χ1n) is 8.97. The lowest BCUT2D eigenvalue weighted by Crippen LogP contribution is -2.41. The zero-order valence-corrected chi connectivity index (χ0v) is 15.9. The minimum Gasteiger partial charge on any atom is -0.461 e. The first-order chi connectivity index (χ1) is 12.1. The molecule has 136 valence electrons. The van der Waals surface area contributed by atoms with Gasteiger partial charge in [-0.3, -0.25) is 9.36 Å². The average Bonchev–Trinajstić information content (AvgIpc) is 3.24. The molecule has 1 N–H and O–H groups in total. The first kappa shape index (κ1) is 18.0. The van der Waals surface area contributed by atoms with Gasteiger partial charge in [0.1, 0.15) is 0 Å². The number of nitrogens with zero attached hydrogens (tertiary/aromatic N) is 3. The summed E-state index contributed by atoms with van der Waals surface area (Å²) in [5.74, 6) is 2.37. The Morgan fingerprint density at radius 1 is 1.40 bits per heavy atom. The van der Waals surface area contributed by atoms with E-state index in [0.29, 0.717) is 29.3 Å². The van der Waals surface area contributed by atoms with E-state index in [2.05, 4.69) is 36.3 Å². The molecule has 1 aliphatic carbocycles. The van der Waals surface area contributed by atoms with Gasteiger partial charge in [0, 0.05) is 12.1 Å². The van der Waals surface area contributed by atoms with Crippen LogP contribution in [0.2, 0.25) is 0 Å². The molecule has 2 aromatic heterocycles. The summed E-state index contributed by atoms with van der Waals surface area (Å²) in [6.07, 6.45) is 6.39. The van der Waals surface area contributed by atoms with Crippen molar-refractivity contribution in [2.75, 3.05) is 5.75 Å². The molecule has 2 heterocycles. The molecule has 0 saturated heterocycles. The maximum Gasteiger partial charge on any atom is 0.230 e. The van der Waals surface area contributed by atoms with E-state index >= 15 is 0 Å². The van der Waals surface area contributed by atoms with Gasteiger partial charge in [-0.15, -0.1) is 10.2 Å². The summed E-state index contributed by atoms with van der Waals surface area (Å²) in [7, 11) is 0. The monoisotopic (exact) mass is 362 g/mol. The second kappa shape index (κ2) is 8.08. The van der Waals surface area contributed by atoms with E-state index in [0.717, 1.165) is 11.6 Å². The fourth-order valence-corrected chi connectivity index (χ4v) is 4.20. The van der Waals surface area contributed by atoms with E-state index in [1.807, 2.05) is 16.7 Å². The number of aromatic nitrogens is 3. The van der Waals surface area contributed by atoms with E-state index in [-0.39, 0.29) is 11.9 Å². The Labute approximate surface area is 152 Å². The number of nitrogens with one attached hydrogen (secondary N) is 1. The van der Waals surface area contributed by atoms with Crippen molar-refractivity contribution in [2.45, 2.75) is 63.7 Å². The quantitative estimate of drug-likeness (QED) is 0.789. The number of carbonyl (C=O) groups excluding carboxylic acids is 1. The van der Waals surface area contributed by atoms with Gasteiger partial charge in [0.2, 0.25) is 11.7 Å². The van der Waals surface area contributed by atoms with Crippen molar-refractivity contribution in [1.82, 2.24) is 20.1 Å². The summed E-state index contributed by atoms with van der Waals surface area (Å²) >= 11 is 1.43. The van der Waals surface area contributed by atoms with Crippen LogP contribution in [0.25, 0.3) is 11.6 Å². The van der Waals surface area contributed by atoms with Crippen LogP contribution in [-0.4, -0.2) is 32.5 Å². The third-order valence-corrected chi connectivity index (χ3v) is 5.66. The van der Waals surface area contributed by atoms with E-state index in [4.69, 9.17) is 4.42 Å². The Hall–Kier alpha value is -1.76. The van der Waals surface area contributed by atoms with Gasteiger partial charge < -0.3 is 9.73 Å². The SMILES string of the molecule is CC(C)n1c(SCC(=O)N[C@H]2CCCC[C@H]2C)nnc1-c1ccco1. The fourth-order valence-electron chi connectivity index (χ4n) is 3.32. The van der Waals surface area contributed by atoms with Crippen molar-refractivity contribution < 1.29 is 9.21 Å². The number of rotatable bonds is 6. The van der Waals surface area contributed by atoms with E-state index in [1.165, 1.54) is 31.0 Å². The molecule has 7 heteroatoms. The number of carbonyl (C=O) groups is 1. The van der Waals surface area contributed by atoms with Crippen LogP contribution in [-0.2, 0) is 4.79 Å². The maximum atomic E-state index is 12.3. The van der Waals surface area contributed by atoms with Gasteiger partial charge in [-0.25, -0.2) is 0 Å². The highest BCUT2D eigenvalue weighted by molar-refractivity contribution is 7.99. The lowest BCUT2D eigenvalue weighted by Gasteiger charge is -2.29. The lowest BCUT2D eigenvalue weighted by molar-refractivity contribution is -0.119. The van der Waals surface area contributed by atoms with Crippen LogP contribution in [0.15, 0.2) is 28.0 Å². The summed E-state index contributed by atoms with van der Waals surface area (Å²) in [6.45, 7) is 6.37. The van der Waals surface area contributed by atoms with Crippen LogP contribution in [0.1, 0.15) is 52.5 Å². The van der Waals surface area contributed by atoms with Crippen LogP contribution in [0.3, 0.4) is 0 Å². The van der Waals surface area contributed by atoms with E-state index in [1.54, 1.807) is 6.26 Å². The number of furan rings is 1. The van der Waals surface area contributed by atoms with Gasteiger partial charge >= 0.3 is 0 Å². The second-order valence-corrected chi connectivity index (χ2v) is 7.91. The standard InChI is InChI=1S/C18H26N4O2S/c1-12(2)22-17(15-9-6-10-24-15)20-21-18(22)25-11-16(23)19-14-8-5-4-7-13(14)3/h6,9-10,12-14H,4-5,7-8,11H2,1-3H3,(H,19,23)/t13-,14+/m1/s1. The number of hydrogen-bond acceptors (Lipinski definition) is 5. The summed E-state index contributed by atoms with van der Waals surface area (Å²) in [6, 6.07) is 4.19. The molecular weight excluding hydrogens is 336 g/mol. The molecule has 2 aromatic rings. The second-order valence-electron chi connectivity index (χ2n) is 6.97. The van der Waals surface area contributed by atoms with Gasteiger partial charge in [-0.2, -0.15) is 0 Å². The lowest BCUT2D eigenvalue weighted by atomic mass is 9.86. The molecule has 1 fully saturated rings. The molecule has 25 heavy (non-hydrogen) atoms. The fraction of sp³-hybridized carbons (Fsp3) is 0.611. The van der Waals surface area contributed by atoms with Crippen LogP contribution >= 0.6 is 11.8 Å². The molecule has 0 aromatic carbocycles. The Balaban J connectivity index is 1.64. The number of amides is 1. The smallest absolute Gasteiger partial charge is 0.230 e. The Morgan fingerprint density at radius 2 is 2.20 bits per heavy atom. The largest absolute Gasteiger partial charge is 0.461 e. The third kappa shape index (κ3) is 4.26. The van der Waals surface area contributed by atoms with Gasteiger partial charge in [0.15, 0.2) is 10.9 Å². The first-order valence-corrected chi connectivity index (χ1v) is 9.95. The molecular formula is C18H26N4O2S. The van der Waals surface area contributed by atoms with Crippen LogP contribution in [0, 0.1) is 5.92 Å². The normalized spacial score (nSPS) is 20.8.